The van der Waals surface area contributed by atoms with Crippen molar-refractivity contribution in [2.45, 2.75) is 25.7 Å². The van der Waals surface area contributed by atoms with Crippen LogP contribution in [0.1, 0.15) is 13.3 Å². The van der Waals surface area contributed by atoms with E-state index in [2.05, 4.69) is 4.74 Å². The first-order valence-electron chi connectivity index (χ1n) is 6.55. The van der Waals surface area contributed by atoms with Crippen molar-refractivity contribution in [3.05, 3.63) is 0 Å². The molecule has 2 unspecified atom stereocenters. The lowest BCUT2D eigenvalue weighted by molar-refractivity contribution is -0.152. The van der Waals surface area contributed by atoms with Crippen molar-refractivity contribution in [3.63, 3.8) is 0 Å². The van der Waals surface area contributed by atoms with Gasteiger partial charge in [0, 0.05) is 14.2 Å². The number of hydrogen-bond acceptors (Lipinski definition) is 8. The van der Waals surface area contributed by atoms with E-state index in [4.69, 9.17) is 18.6 Å². The molecule has 0 fully saturated rings. The maximum atomic E-state index is 11.8. The molecule has 0 aliphatic carbocycles. The van der Waals surface area contributed by atoms with Crippen LogP contribution in [-0.4, -0.2) is 80.4 Å². The van der Waals surface area contributed by atoms with Gasteiger partial charge in [-0.25, -0.2) is 0 Å². The molecule has 0 N–H and O–H groups in total. The molecule has 9 heteroatoms. The predicted octanol–water partition coefficient (Wildman–Crippen LogP) is -0.953. The van der Waals surface area contributed by atoms with E-state index in [0.717, 1.165) is 0 Å². The molecule has 0 aliphatic rings. The van der Waals surface area contributed by atoms with Crippen LogP contribution >= 0.6 is 0 Å². The van der Waals surface area contributed by atoms with Crippen molar-refractivity contribution in [2.24, 2.45) is 0 Å². The third kappa shape index (κ3) is 7.53. The Labute approximate surface area is 127 Å². The topological polar surface area (TPSA) is 83.5 Å². The van der Waals surface area contributed by atoms with Gasteiger partial charge in [-0.2, -0.15) is 0 Å². The minimum atomic E-state index is -1.28. The highest BCUT2D eigenvalue weighted by Gasteiger charge is 2.29. The number of rotatable bonds is 11. The highest BCUT2D eigenvalue weighted by molar-refractivity contribution is 6.24. The lowest BCUT2D eigenvalue weighted by Crippen LogP contribution is -2.47. The maximum absolute atomic E-state index is 11.8. The molecular formula is C12H25NO7Si. The van der Waals surface area contributed by atoms with Gasteiger partial charge < -0.3 is 23.4 Å². The summed E-state index contributed by atoms with van der Waals surface area (Å²) in [6.07, 6.45) is -0.567. The van der Waals surface area contributed by atoms with Crippen molar-refractivity contribution in [1.29, 1.82) is 0 Å². The van der Waals surface area contributed by atoms with Crippen LogP contribution in [-0.2, 0) is 33.0 Å². The van der Waals surface area contributed by atoms with Gasteiger partial charge in [0.15, 0.2) is 6.29 Å². The average Bonchev–Trinajstić information content (AvgIpc) is 2.51. The first-order chi connectivity index (χ1) is 10.0. The number of ether oxygens (including phenoxy) is 4. The van der Waals surface area contributed by atoms with Crippen LogP contribution in [0.2, 0.25) is 0 Å². The normalized spacial score (nSPS) is 14.4. The Morgan fingerprint density at radius 3 is 2.24 bits per heavy atom. The summed E-state index contributed by atoms with van der Waals surface area (Å²) < 4.78 is 26.9. The summed E-state index contributed by atoms with van der Waals surface area (Å²) in [5, 5.41) is 0. The molecule has 124 valence electrons. The minimum Gasteiger partial charge on any atom is -0.469 e. The summed E-state index contributed by atoms with van der Waals surface area (Å²) in [6, 6.07) is -0.709. The van der Waals surface area contributed by atoms with Crippen molar-refractivity contribution >= 4 is 21.9 Å². The molecule has 0 aromatic rings. The first kappa shape index (κ1) is 20.0. The molecule has 2 atom stereocenters. The predicted molar refractivity (Wildman–Crippen MR) is 77.1 cm³/mol. The fourth-order valence-electron chi connectivity index (χ4n) is 1.64. The van der Waals surface area contributed by atoms with Gasteiger partial charge in [-0.3, -0.25) is 14.2 Å². The smallest absolute Gasteiger partial charge is 0.323 e. The van der Waals surface area contributed by atoms with Crippen molar-refractivity contribution in [1.82, 2.24) is 4.57 Å². The zero-order valence-corrected chi connectivity index (χ0v) is 14.7. The Morgan fingerprint density at radius 1 is 1.14 bits per heavy atom. The van der Waals surface area contributed by atoms with Gasteiger partial charge in [0.1, 0.15) is 6.04 Å². The maximum Gasteiger partial charge on any atom is 0.323 e. The average molecular weight is 323 g/mol. The van der Waals surface area contributed by atoms with Gasteiger partial charge >= 0.3 is 11.9 Å². The number of carbonyl (C=O) groups is 2. The van der Waals surface area contributed by atoms with E-state index in [0.29, 0.717) is 13.2 Å². The molecule has 21 heavy (non-hydrogen) atoms. The Hall–Kier alpha value is -1.00. The van der Waals surface area contributed by atoms with Gasteiger partial charge in [-0.05, 0) is 6.54 Å². The molecule has 0 rings (SSSR count). The van der Waals surface area contributed by atoms with Crippen LogP contribution in [0, 0.1) is 0 Å². The molecule has 0 radical (unpaired) electrons. The molecule has 0 saturated heterocycles. The SMILES string of the molecule is CCN([SiH2]OC(COC)OC)C(CC(=O)OC)C(=O)OC. The minimum absolute atomic E-state index is 0.0741. The van der Waals surface area contributed by atoms with Crippen LogP contribution in [0.3, 0.4) is 0 Å². The molecule has 0 aromatic carbocycles. The Morgan fingerprint density at radius 2 is 1.81 bits per heavy atom. The molecule has 0 aliphatic heterocycles. The second-order valence-corrected chi connectivity index (χ2v) is 5.54. The van der Waals surface area contributed by atoms with Crippen molar-refractivity contribution in [2.75, 3.05) is 41.6 Å². The van der Waals surface area contributed by atoms with E-state index < -0.39 is 34.2 Å². The molecular weight excluding hydrogens is 298 g/mol. The molecule has 0 bridgehead atoms. The summed E-state index contributed by atoms with van der Waals surface area (Å²) >= 11 is 0. The van der Waals surface area contributed by atoms with Crippen LogP contribution in [0.4, 0.5) is 0 Å². The largest absolute Gasteiger partial charge is 0.469 e. The van der Waals surface area contributed by atoms with Crippen LogP contribution in [0.15, 0.2) is 0 Å². The lowest BCUT2D eigenvalue weighted by atomic mass is 10.2. The fraction of sp³-hybridized carbons (Fsp3) is 0.833. The van der Waals surface area contributed by atoms with Crippen LogP contribution < -0.4 is 0 Å². The monoisotopic (exact) mass is 323 g/mol. The zero-order chi connectivity index (χ0) is 16.3. The Balaban J connectivity index is 4.72. The first-order valence-corrected chi connectivity index (χ1v) is 7.76. The van der Waals surface area contributed by atoms with Gasteiger partial charge in [-0.1, -0.05) is 6.92 Å². The number of esters is 2. The summed E-state index contributed by atoms with van der Waals surface area (Å²) in [6.45, 7) is 2.72. The van der Waals surface area contributed by atoms with Crippen LogP contribution in [0.5, 0.6) is 0 Å². The van der Waals surface area contributed by atoms with Gasteiger partial charge in [0.2, 0.25) is 9.92 Å². The van der Waals surface area contributed by atoms with Gasteiger partial charge in [0.05, 0.1) is 27.2 Å². The second kappa shape index (κ2) is 11.6. The molecule has 0 saturated carbocycles. The standard InChI is InChI=1S/C12H25NO7Si/c1-6-13(21-20-11(18-4)8-16-2)9(12(15)19-5)7-10(14)17-3/h9,11H,6-8,21H2,1-5H3. The molecule has 0 heterocycles. The highest BCUT2D eigenvalue weighted by atomic mass is 28.2. The number of likely N-dealkylation sites (N-methyl/N-ethyl adjacent to an activating group) is 1. The Kier molecular flexibility index (Phi) is 11.1. The Bertz CT molecular complexity index is 316. The summed E-state index contributed by atoms with van der Waals surface area (Å²) in [5.74, 6) is -0.961. The number of nitrogens with zero attached hydrogens (tertiary/aromatic N) is 1. The second-order valence-electron chi connectivity index (χ2n) is 4.14. The molecule has 0 aromatic heterocycles. The summed E-state index contributed by atoms with van der Waals surface area (Å²) in [4.78, 5) is 23.3. The molecule has 8 nitrogen and oxygen atoms in total. The van der Waals surface area contributed by atoms with Gasteiger partial charge in [-0.15, -0.1) is 0 Å². The zero-order valence-electron chi connectivity index (χ0n) is 13.3. The van der Waals surface area contributed by atoms with Crippen molar-refractivity contribution in [3.8, 4) is 0 Å². The van der Waals surface area contributed by atoms with Crippen LogP contribution in [0.25, 0.3) is 0 Å². The van der Waals surface area contributed by atoms with E-state index in [9.17, 15) is 9.59 Å². The third-order valence-corrected chi connectivity index (χ3v) is 4.64. The quantitative estimate of drug-likeness (QED) is 0.273. The number of methoxy groups -OCH3 is 4. The van der Waals surface area contributed by atoms with Gasteiger partial charge in [0.25, 0.3) is 0 Å². The highest BCUT2D eigenvalue weighted by Crippen LogP contribution is 2.08. The van der Waals surface area contributed by atoms with E-state index >= 15 is 0 Å². The summed E-state index contributed by atoms with van der Waals surface area (Å²) in [5.41, 5.74) is 0. The van der Waals surface area contributed by atoms with E-state index in [1.165, 1.54) is 21.3 Å². The van der Waals surface area contributed by atoms with Crippen molar-refractivity contribution < 1.29 is 33.0 Å². The lowest BCUT2D eigenvalue weighted by Gasteiger charge is -2.29. The van der Waals surface area contributed by atoms with E-state index in [1.54, 1.807) is 11.7 Å². The fourth-order valence-corrected chi connectivity index (χ4v) is 2.87. The summed E-state index contributed by atoms with van der Waals surface area (Å²) in [7, 11) is 4.34. The third-order valence-electron chi connectivity index (χ3n) is 2.90. The number of hydrogen-bond donors (Lipinski definition) is 0. The van der Waals surface area contributed by atoms with E-state index in [-0.39, 0.29) is 6.42 Å². The molecule has 0 amide bonds. The van der Waals surface area contributed by atoms with E-state index in [1.807, 2.05) is 6.92 Å². The molecule has 0 spiro atoms. The number of carbonyl (C=O) groups excluding carboxylic acids is 2.